The molecule has 9 nitrogen and oxygen atoms in total. The minimum atomic E-state index is -0.162. The number of furan rings is 1. The topological polar surface area (TPSA) is 100 Å². The molecule has 0 aliphatic heterocycles. The number of carbonyl (C=O) groups is 1. The van der Waals surface area contributed by atoms with Gasteiger partial charge in [-0.2, -0.15) is 0 Å². The predicted molar refractivity (Wildman–Crippen MR) is 151 cm³/mol. The number of amides is 1. The van der Waals surface area contributed by atoms with Gasteiger partial charge < -0.3 is 23.9 Å². The second-order valence-corrected chi connectivity index (χ2v) is 9.80. The Labute approximate surface area is 229 Å². The molecule has 39 heavy (non-hydrogen) atoms. The van der Waals surface area contributed by atoms with Gasteiger partial charge in [0.25, 0.3) is 11.1 Å². The zero-order chi connectivity index (χ0) is 26.9. The number of benzene rings is 3. The summed E-state index contributed by atoms with van der Waals surface area (Å²) < 4.78 is 24.7. The van der Waals surface area contributed by atoms with Crippen LogP contribution in [0.4, 0.5) is 5.69 Å². The normalized spacial score (nSPS) is 11.2. The molecule has 10 heteroatoms. The lowest BCUT2D eigenvalue weighted by Crippen LogP contribution is -2.12. The van der Waals surface area contributed by atoms with Crippen molar-refractivity contribution in [1.82, 2.24) is 14.6 Å². The molecule has 3 heterocycles. The number of imidazole rings is 1. The lowest BCUT2D eigenvalue weighted by atomic mass is 10.1. The van der Waals surface area contributed by atoms with Gasteiger partial charge in [-0.3, -0.25) is 4.79 Å². The number of nitrogens with zero attached hydrogens (tertiary/aromatic N) is 3. The standard InChI is InChI=1S/C29H24N4O5S.H2/c1-17-6-4-8-19(10-17)27(34)30-20-9-5-7-18(11-20)16-37-24-12-21(35-2)13-25-22(24)14-26(38-25)23-15-33-28(31-23)39-29(32-33)36-3;/h4-15H,16H2,1-3H3,(H,30,34);1H. The molecule has 1 N–H and O–H groups in total. The SMILES string of the molecule is COc1cc(OCc2cccc(NC(=O)c3cccc(C)c3)c2)c2cc(-c3cn4nc(OC)sc4n3)oc2c1.[HH]. The number of hydrogen-bond donors (Lipinski definition) is 1. The zero-order valence-electron chi connectivity index (χ0n) is 21.4. The number of aryl methyl sites for hydroxylation is 1. The van der Waals surface area contributed by atoms with E-state index < -0.39 is 0 Å². The summed E-state index contributed by atoms with van der Waals surface area (Å²) in [4.78, 5) is 18.0. The first-order valence-electron chi connectivity index (χ1n) is 12.1. The minimum Gasteiger partial charge on any atom is -0.496 e. The van der Waals surface area contributed by atoms with E-state index in [0.717, 1.165) is 16.5 Å². The fourth-order valence-electron chi connectivity index (χ4n) is 4.22. The smallest absolute Gasteiger partial charge is 0.294 e. The average Bonchev–Trinajstić information content (AvgIpc) is 3.65. The molecule has 6 aromatic rings. The van der Waals surface area contributed by atoms with Crippen LogP contribution >= 0.6 is 11.3 Å². The van der Waals surface area contributed by atoms with Crippen LogP contribution in [0.2, 0.25) is 0 Å². The Bertz CT molecular complexity index is 1790. The number of fused-ring (bicyclic) bond motifs is 2. The molecule has 0 saturated carbocycles. The van der Waals surface area contributed by atoms with Gasteiger partial charge in [-0.1, -0.05) is 29.8 Å². The van der Waals surface area contributed by atoms with Crippen molar-refractivity contribution in [3.8, 4) is 28.1 Å². The zero-order valence-corrected chi connectivity index (χ0v) is 22.2. The van der Waals surface area contributed by atoms with E-state index in [9.17, 15) is 4.79 Å². The molecular formula is C29H26N4O5S. The van der Waals surface area contributed by atoms with Gasteiger partial charge in [-0.05, 0) is 54.2 Å². The Balaban J connectivity index is 0.00000323. The Morgan fingerprint density at radius 1 is 1.08 bits per heavy atom. The monoisotopic (exact) mass is 542 g/mol. The van der Waals surface area contributed by atoms with Crippen LogP contribution in [0.5, 0.6) is 16.7 Å². The summed E-state index contributed by atoms with van der Waals surface area (Å²) >= 11 is 1.34. The minimum absolute atomic E-state index is 0. The molecule has 0 aliphatic rings. The lowest BCUT2D eigenvalue weighted by Gasteiger charge is -2.11. The third-order valence-corrected chi connectivity index (χ3v) is 7.00. The van der Waals surface area contributed by atoms with Gasteiger partial charge >= 0.3 is 0 Å². The van der Waals surface area contributed by atoms with Crippen LogP contribution in [0.15, 0.2) is 77.3 Å². The number of methoxy groups -OCH3 is 2. The molecule has 0 unspecified atom stereocenters. The molecule has 198 valence electrons. The maximum Gasteiger partial charge on any atom is 0.294 e. The first-order valence-corrected chi connectivity index (χ1v) is 12.9. The van der Waals surface area contributed by atoms with Crippen LogP contribution in [-0.2, 0) is 6.61 Å². The fourth-order valence-corrected chi connectivity index (χ4v) is 4.92. The molecule has 1 amide bonds. The molecule has 0 bridgehead atoms. The molecule has 3 aromatic carbocycles. The van der Waals surface area contributed by atoms with Gasteiger partial charge in [0.15, 0.2) is 5.76 Å². The van der Waals surface area contributed by atoms with Crippen LogP contribution in [0, 0.1) is 6.92 Å². The number of nitrogens with one attached hydrogen (secondary N) is 1. The second kappa shape index (κ2) is 10.1. The van der Waals surface area contributed by atoms with Gasteiger partial charge in [0.2, 0.25) is 4.96 Å². The predicted octanol–water partition coefficient (Wildman–Crippen LogP) is 6.61. The molecule has 0 radical (unpaired) electrons. The number of carbonyl (C=O) groups excluding carboxylic acids is 1. The molecule has 0 spiro atoms. The maximum atomic E-state index is 12.7. The Morgan fingerprint density at radius 3 is 2.74 bits per heavy atom. The average molecular weight is 543 g/mol. The van der Waals surface area contributed by atoms with Gasteiger partial charge in [-0.25, -0.2) is 9.50 Å². The van der Waals surface area contributed by atoms with Crippen molar-refractivity contribution >= 4 is 38.9 Å². The van der Waals surface area contributed by atoms with E-state index in [1.165, 1.54) is 11.3 Å². The Morgan fingerprint density at radius 2 is 1.95 bits per heavy atom. The highest BCUT2D eigenvalue weighted by Crippen LogP contribution is 2.37. The summed E-state index contributed by atoms with van der Waals surface area (Å²) in [6.07, 6.45) is 1.79. The summed E-state index contributed by atoms with van der Waals surface area (Å²) in [6, 6.07) is 20.6. The van der Waals surface area contributed by atoms with Crippen molar-refractivity contribution in [2.75, 3.05) is 19.5 Å². The van der Waals surface area contributed by atoms with Crippen molar-refractivity contribution in [2.24, 2.45) is 0 Å². The quantitative estimate of drug-likeness (QED) is 0.231. The summed E-state index contributed by atoms with van der Waals surface area (Å²) in [5.74, 6) is 1.63. The Kier molecular flexibility index (Phi) is 6.37. The summed E-state index contributed by atoms with van der Waals surface area (Å²) in [6.45, 7) is 2.24. The highest BCUT2D eigenvalue weighted by atomic mass is 32.1. The number of anilines is 1. The van der Waals surface area contributed by atoms with Gasteiger partial charge in [-0.15, -0.1) is 5.10 Å². The Hall–Kier alpha value is -4.83. The van der Waals surface area contributed by atoms with Crippen molar-refractivity contribution in [2.45, 2.75) is 13.5 Å². The van der Waals surface area contributed by atoms with Crippen LogP contribution in [0.1, 0.15) is 22.9 Å². The summed E-state index contributed by atoms with van der Waals surface area (Å²) in [7, 11) is 3.17. The molecule has 0 aliphatic carbocycles. The van der Waals surface area contributed by atoms with Crippen molar-refractivity contribution < 1.29 is 24.8 Å². The second-order valence-electron chi connectivity index (χ2n) is 8.89. The maximum absolute atomic E-state index is 12.7. The summed E-state index contributed by atoms with van der Waals surface area (Å²) in [5, 5.41) is 8.61. The van der Waals surface area contributed by atoms with Gasteiger partial charge in [0.1, 0.15) is 29.4 Å². The number of rotatable bonds is 8. The van der Waals surface area contributed by atoms with Crippen molar-refractivity contribution in [3.05, 3.63) is 89.6 Å². The molecular weight excluding hydrogens is 516 g/mol. The molecule has 0 fully saturated rings. The first kappa shape index (κ1) is 24.5. The van der Waals surface area contributed by atoms with Crippen LogP contribution in [-0.4, -0.2) is 34.7 Å². The highest BCUT2D eigenvalue weighted by Gasteiger charge is 2.17. The first-order chi connectivity index (χ1) is 19.0. The van der Waals surface area contributed by atoms with E-state index in [-0.39, 0.29) is 13.9 Å². The number of hydrogen-bond acceptors (Lipinski definition) is 8. The number of aromatic nitrogens is 3. The number of ether oxygens (including phenoxy) is 3. The van der Waals surface area contributed by atoms with Crippen molar-refractivity contribution in [1.29, 1.82) is 0 Å². The van der Waals surface area contributed by atoms with Gasteiger partial charge in [0, 0.05) is 24.8 Å². The van der Waals surface area contributed by atoms with E-state index in [0.29, 0.717) is 49.9 Å². The third-order valence-electron chi connectivity index (χ3n) is 6.12. The molecule has 6 rings (SSSR count). The van der Waals surface area contributed by atoms with E-state index in [1.54, 1.807) is 31.0 Å². The molecule has 0 saturated heterocycles. The largest absolute Gasteiger partial charge is 0.496 e. The molecule has 3 aromatic heterocycles. The van der Waals surface area contributed by atoms with E-state index in [4.69, 9.17) is 18.6 Å². The fraction of sp³-hybridized carbons (Fsp3) is 0.138. The van der Waals surface area contributed by atoms with E-state index in [2.05, 4.69) is 15.4 Å². The third kappa shape index (κ3) is 5.01. The summed E-state index contributed by atoms with van der Waals surface area (Å²) in [5.41, 5.74) is 4.48. The van der Waals surface area contributed by atoms with E-state index >= 15 is 0 Å². The lowest BCUT2D eigenvalue weighted by molar-refractivity contribution is 0.102. The van der Waals surface area contributed by atoms with Gasteiger partial charge in [0.05, 0.1) is 25.8 Å². The highest BCUT2D eigenvalue weighted by molar-refractivity contribution is 7.18. The van der Waals surface area contributed by atoms with Crippen LogP contribution in [0.25, 0.3) is 27.4 Å². The van der Waals surface area contributed by atoms with E-state index in [1.807, 2.05) is 67.6 Å². The molecule has 0 atom stereocenters. The van der Waals surface area contributed by atoms with Crippen molar-refractivity contribution in [3.63, 3.8) is 0 Å². The van der Waals surface area contributed by atoms with Crippen LogP contribution < -0.4 is 19.5 Å². The van der Waals surface area contributed by atoms with Crippen LogP contribution in [0.3, 0.4) is 0 Å².